The first kappa shape index (κ1) is 31.2. The predicted octanol–water partition coefficient (Wildman–Crippen LogP) is 3.30. The lowest BCUT2D eigenvalue weighted by atomic mass is 9.80. The Bertz CT molecular complexity index is 850. The third kappa shape index (κ3) is 7.56. The average molecular weight is 498 g/mol. The number of ketones is 1. The van der Waals surface area contributed by atoms with Crippen LogP contribution < -0.4 is 0 Å². The average Bonchev–Trinajstić information content (AvgIpc) is 2.97. The van der Waals surface area contributed by atoms with Crippen LogP contribution >= 0.6 is 0 Å². The number of Topliss-reactive ketones (excluding diaryl/α,β-unsaturated/α-hetero) is 1. The van der Waals surface area contributed by atoms with Gasteiger partial charge in [0.25, 0.3) is 0 Å². The Hall–Kier alpha value is -1.87. The monoisotopic (exact) mass is 497 g/mol. The molecule has 35 heavy (non-hydrogen) atoms. The molecule has 0 fully saturated rings. The summed E-state index contributed by atoms with van der Waals surface area (Å²) in [4.78, 5) is 12.8. The lowest BCUT2D eigenvalue weighted by molar-refractivity contribution is -0.0914. The van der Waals surface area contributed by atoms with E-state index in [1.54, 1.807) is 40.8 Å². The number of hydrogen-bond donors (Lipinski definition) is 6. The quantitative estimate of drug-likeness (QED) is 0.181. The number of aliphatic hydroxyl groups is 4. The predicted molar refractivity (Wildman–Crippen MR) is 136 cm³/mol. The van der Waals surface area contributed by atoms with Crippen molar-refractivity contribution in [2.24, 2.45) is 36.6 Å². The largest absolute Gasteiger partial charge is 0.505 e. The van der Waals surface area contributed by atoms with Gasteiger partial charge in [-0.3, -0.25) is 4.79 Å². The van der Waals surface area contributed by atoms with Gasteiger partial charge in [-0.25, -0.2) is 0 Å². The van der Waals surface area contributed by atoms with Crippen molar-refractivity contribution in [1.29, 1.82) is 0 Å². The van der Waals surface area contributed by atoms with E-state index in [4.69, 9.17) is 0 Å². The van der Waals surface area contributed by atoms with Crippen molar-refractivity contribution in [2.45, 2.75) is 92.6 Å². The van der Waals surface area contributed by atoms with Gasteiger partial charge in [0.2, 0.25) is 5.88 Å². The number of carbonyl (C=O) groups excluding carboxylic acids is 1. The van der Waals surface area contributed by atoms with Gasteiger partial charge >= 0.3 is 0 Å². The van der Waals surface area contributed by atoms with Crippen molar-refractivity contribution in [3.63, 3.8) is 0 Å². The molecule has 8 heteroatoms. The van der Waals surface area contributed by atoms with Crippen LogP contribution in [0.2, 0.25) is 0 Å². The van der Waals surface area contributed by atoms with Gasteiger partial charge in [0, 0.05) is 18.9 Å². The van der Waals surface area contributed by atoms with Gasteiger partial charge in [0.05, 0.1) is 30.1 Å². The number of nitrogens with zero attached hydrogens (tertiary/aromatic N) is 1. The molecule has 0 saturated heterocycles. The topological polar surface area (TPSA) is 143 Å². The normalized spacial score (nSPS) is 19.7. The molecule has 1 aromatic heterocycles. The van der Waals surface area contributed by atoms with Gasteiger partial charge in [0.1, 0.15) is 5.56 Å². The highest BCUT2D eigenvalue weighted by Crippen LogP contribution is 2.35. The van der Waals surface area contributed by atoms with E-state index in [-0.39, 0.29) is 34.9 Å². The molecule has 0 saturated carbocycles. The van der Waals surface area contributed by atoms with Gasteiger partial charge in [0.15, 0.2) is 11.5 Å². The molecule has 0 aromatic carbocycles. The summed E-state index contributed by atoms with van der Waals surface area (Å²) in [5.41, 5.74) is 0.693. The number of aromatic nitrogens is 1. The third-order valence-electron chi connectivity index (χ3n) is 7.39. The van der Waals surface area contributed by atoms with Gasteiger partial charge in [-0.15, -0.1) is 0 Å². The van der Waals surface area contributed by atoms with Crippen molar-refractivity contribution >= 4 is 5.78 Å². The molecule has 0 spiro atoms. The maximum Gasteiger partial charge on any atom is 0.206 e. The van der Waals surface area contributed by atoms with Crippen molar-refractivity contribution < 1.29 is 35.4 Å². The maximum atomic E-state index is 12.8. The zero-order valence-corrected chi connectivity index (χ0v) is 22.7. The van der Waals surface area contributed by atoms with Crippen molar-refractivity contribution in [3.8, 4) is 11.6 Å². The highest BCUT2D eigenvalue weighted by atomic mass is 16.3. The summed E-state index contributed by atoms with van der Waals surface area (Å²) in [6, 6.07) is 0. The van der Waals surface area contributed by atoms with E-state index < -0.39 is 42.0 Å². The fourth-order valence-electron chi connectivity index (χ4n) is 4.87. The van der Waals surface area contributed by atoms with Crippen LogP contribution in [0.3, 0.4) is 0 Å². The number of aliphatic hydroxyl groups excluding tert-OH is 4. The second-order valence-corrected chi connectivity index (χ2v) is 10.9. The van der Waals surface area contributed by atoms with E-state index in [0.717, 1.165) is 0 Å². The van der Waals surface area contributed by atoms with Crippen LogP contribution in [0.5, 0.6) is 11.6 Å². The number of aromatic hydroxyl groups is 2. The van der Waals surface area contributed by atoms with Crippen LogP contribution in [0.4, 0.5) is 0 Å². The molecule has 8 unspecified atom stereocenters. The Labute approximate surface area is 209 Å². The molecule has 8 nitrogen and oxygen atoms in total. The molecular formula is C27H47NO7. The first-order chi connectivity index (χ1) is 16.0. The van der Waals surface area contributed by atoms with Crippen molar-refractivity contribution in [1.82, 2.24) is 4.57 Å². The number of hydrogen-bond acceptors (Lipinski definition) is 7. The van der Waals surface area contributed by atoms with Crippen molar-refractivity contribution in [2.75, 3.05) is 0 Å². The van der Waals surface area contributed by atoms with Gasteiger partial charge in [-0.05, 0) is 50.0 Å². The van der Waals surface area contributed by atoms with Crippen molar-refractivity contribution in [3.05, 3.63) is 22.9 Å². The third-order valence-corrected chi connectivity index (χ3v) is 7.39. The van der Waals surface area contributed by atoms with Gasteiger partial charge < -0.3 is 35.2 Å². The van der Waals surface area contributed by atoms with E-state index in [1.807, 2.05) is 27.7 Å². The molecule has 202 valence electrons. The Morgan fingerprint density at radius 1 is 0.886 bits per heavy atom. The molecule has 0 aliphatic heterocycles. The summed E-state index contributed by atoms with van der Waals surface area (Å²) >= 11 is 0. The van der Waals surface area contributed by atoms with E-state index >= 15 is 0 Å². The Balaban J connectivity index is 2.76. The minimum Gasteiger partial charge on any atom is -0.505 e. The standard InChI is InChI=1S/C27H47NO7/c1-13(2)22(30)17(6)24(32)18(7)25(33)20(29)12-15(4)10-14(3)11-16(5)23(31)21-26(34)19(8)28(9)27(21)35/h11,13-15,17-18,20,22,24-25,29-30,32-35H,10,12H2,1-9H3. The molecule has 8 atom stereocenters. The second-order valence-electron chi connectivity index (χ2n) is 10.9. The van der Waals surface area contributed by atoms with E-state index in [2.05, 4.69) is 0 Å². The zero-order valence-electron chi connectivity index (χ0n) is 22.7. The minimum absolute atomic E-state index is 0.0117. The molecule has 0 aliphatic rings. The SMILES string of the molecule is CC(=CC(C)CC(C)CC(O)C(O)C(C)C(O)C(C)C(O)C(C)C)C(=O)c1c(O)c(C)n(C)c1O. The van der Waals surface area contributed by atoms with Crippen LogP contribution in [0.15, 0.2) is 11.6 Å². The van der Waals surface area contributed by atoms with Crippen LogP contribution in [0, 0.1) is 36.5 Å². The molecule has 0 radical (unpaired) electrons. The minimum atomic E-state index is -1.14. The highest BCUT2D eigenvalue weighted by Gasteiger charge is 2.35. The van der Waals surface area contributed by atoms with Crippen LogP contribution in [0.25, 0.3) is 0 Å². The fourth-order valence-corrected chi connectivity index (χ4v) is 4.87. The number of allylic oxidation sites excluding steroid dienone is 2. The summed E-state index contributed by atoms with van der Waals surface area (Å²) in [5.74, 6) is -2.06. The zero-order chi connectivity index (χ0) is 27.4. The molecule has 1 heterocycles. The van der Waals surface area contributed by atoms with E-state index in [9.17, 15) is 35.4 Å². The highest BCUT2D eigenvalue weighted by molar-refractivity contribution is 6.12. The lowest BCUT2D eigenvalue weighted by Crippen LogP contribution is -2.45. The van der Waals surface area contributed by atoms with E-state index in [0.29, 0.717) is 24.1 Å². The second kappa shape index (κ2) is 12.9. The first-order valence-corrected chi connectivity index (χ1v) is 12.5. The number of rotatable bonds is 13. The first-order valence-electron chi connectivity index (χ1n) is 12.5. The summed E-state index contributed by atoms with van der Waals surface area (Å²) in [6.45, 7) is 14.3. The maximum absolute atomic E-state index is 12.8. The summed E-state index contributed by atoms with van der Waals surface area (Å²) in [7, 11) is 1.57. The Morgan fingerprint density at radius 2 is 1.40 bits per heavy atom. The van der Waals surface area contributed by atoms with Gasteiger partial charge in [-0.2, -0.15) is 0 Å². The summed E-state index contributed by atoms with van der Waals surface area (Å²) in [5, 5.41) is 62.5. The summed E-state index contributed by atoms with van der Waals surface area (Å²) < 4.78 is 1.36. The Kier molecular flexibility index (Phi) is 11.5. The number of carbonyl (C=O) groups is 1. The van der Waals surface area contributed by atoms with Crippen LogP contribution in [0.1, 0.15) is 77.4 Å². The van der Waals surface area contributed by atoms with Gasteiger partial charge in [-0.1, -0.05) is 47.6 Å². The molecule has 0 bridgehead atoms. The fraction of sp³-hybridized carbons (Fsp3) is 0.741. The molecule has 1 rings (SSSR count). The van der Waals surface area contributed by atoms with Crippen LogP contribution in [-0.4, -0.2) is 65.4 Å². The van der Waals surface area contributed by atoms with E-state index in [1.165, 1.54) is 4.57 Å². The Morgan fingerprint density at radius 3 is 1.86 bits per heavy atom. The van der Waals surface area contributed by atoms with Crippen LogP contribution in [-0.2, 0) is 7.05 Å². The smallest absolute Gasteiger partial charge is 0.206 e. The molecular weight excluding hydrogens is 450 g/mol. The lowest BCUT2D eigenvalue weighted by Gasteiger charge is -2.34. The molecule has 0 amide bonds. The molecule has 1 aromatic rings. The molecule has 0 aliphatic carbocycles. The summed E-state index contributed by atoms with van der Waals surface area (Å²) in [6.07, 6.45) is -1.13. The molecule has 6 N–H and O–H groups in total.